The number of amides is 1. The molecule has 2 aliphatic heterocycles. The zero-order chi connectivity index (χ0) is 26.8. The van der Waals surface area contributed by atoms with Gasteiger partial charge in [-0.05, 0) is 56.9 Å². The predicted molar refractivity (Wildman–Crippen MR) is 144 cm³/mol. The number of ether oxygens (including phenoxy) is 2. The van der Waals surface area contributed by atoms with Crippen LogP contribution in [0.15, 0.2) is 36.0 Å². The van der Waals surface area contributed by atoms with Crippen LogP contribution < -0.4 is 0 Å². The summed E-state index contributed by atoms with van der Waals surface area (Å²) in [7, 11) is 1.90. The molecule has 36 heavy (non-hydrogen) atoms. The molecule has 0 aromatic carbocycles. The van der Waals surface area contributed by atoms with Crippen LogP contribution in [-0.2, 0) is 19.1 Å². The molecule has 2 aliphatic rings. The summed E-state index contributed by atoms with van der Waals surface area (Å²) in [6, 6.07) is -0.0707. The minimum atomic E-state index is -0.303. The molecule has 1 saturated heterocycles. The van der Waals surface area contributed by atoms with Crippen LogP contribution in [0.3, 0.4) is 0 Å². The van der Waals surface area contributed by atoms with E-state index < -0.39 is 0 Å². The molecule has 204 valence electrons. The van der Waals surface area contributed by atoms with Crippen molar-refractivity contribution < 1.29 is 24.2 Å². The molecular formula is C30H49NO5. The SMILES string of the molecule is CC[C@H](O)[C@@H](C)[C@H]1O[C@H]1C[C@H](C)/C=C/C=C(\C)[C@@H]1[C@@H](C)/C=C/C(OC(C)=O)CCCCCC(=O)N1C. The van der Waals surface area contributed by atoms with Crippen molar-refractivity contribution in [3.8, 4) is 0 Å². The molecule has 0 saturated carbocycles. The average Bonchev–Trinajstić information content (AvgIpc) is 3.58. The molecular weight excluding hydrogens is 454 g/mol. The highest BCUT2D eigenvalue weighted by molar-refractivity contribution is 5.76. The molecule has 6 heteroatoms. The molecule has 2 heterocycles. The molecule has 1 amide bonds. The van der Waals surface area contributed by atoms with Gasteiger partial charge >= 0.3 is 5.97 Å². The van der Waals surface area contributed by atoms with Gasteiger partial charge in [0.05, 0.1) is 24.4 Å². The lowest BCUT2D eigenvalue weighted by molar-refractivity contribution is -0.144. The minimum Gasteiger partial charge on any atom is -0.458 e. The molecule has 0 spiro atoms. The van der Waals surface area contributed by atoms with E-state index in [1.54, 1.807) is 0 Å². The third kappa shape index (κ3) is 9.51. The average molecular weight is 504 g/mol. The highest BCUT2D eigenvalue weighted by atomic mass is 16.6. The van der Waals surface area contributed by atoms with Gasteiger partial charge in [-0.1, -0.05) is 64.0 Å². The number of likely N-dealkylation sites (N-methyl/N-ethyl adjacent to an activating group) is 1. The summed E-state index contributed by atoms with van der Waals surface area (Å²) < 4.78 is 11.3. The second-order valence-corrected chi connectivity index (χ2v) is 10.9. The molecule has 0 aromatic heterocycles. The maximum absolute atomic E-state index is 12.9. The summed E-state index contributed by atoms with van der Waals surface area (Å²) in [6.45, 7) is 11.9. The molecule has 1 fully saturated rings. The van der Waals surface area contributed by atoms with Crippen molar-refractivity contribution in [2.24, 2.45) is 17.8 Å². The van der Waals surface area contributed by atoms with Crippen molar-refractivity contribution in [3.05, 3.63) is 36.0 Å². The molecule has 0 bridgehead atoms. The minimum absolute atomic E-state index is 0.0707. The van der Waals surface area contributed by atoms with Crippen LogP contribution in [0.25, 0.3) is 0 Å². The van der Waals surface area contributed by atoms with Gasteiger partial charge in [-0.3, -0.25) is 9.59 Å². The summed E-state index contributed by atoms with van der Waals surface area (Å²) in [4.78, 5) is 26.3. The number of hydrogen-bond donors (Lipinski definition) is 1. The number of aliphatic hydroxyl groups excluding tert-OH is 1. The molecule has 0 radical (unpaired) electrons. The Morgan fingerprint density at radius 1 is 1.25 bits per heavy atom. The Bertz CT molecular complexity index is 803. The number of nitrogens with zero attached hydrogens (tertiary/aromatic N) is 1. The topological polar surface area (TPSA) is 79.4 Å². The van der Waals surface area contributed by atoms with Crippen LogP contribution in [0.4, 0.5) is 0 Å². The lowest BCUT2D eigenvalue weighted by Gasteiger charge is -2.33. The highest BCUT2D eigenvalue weighted by Gasteiger charge is 2.44. The molecule has 2 rings (SSSR count). The smallest absolute Gasteiger partial charge is 0.303 e. The Labute approximate surface area is 218 Å². The molecule has 0 aliphatic carbocycles. The third-order valence-electron chi connectivity index (χ3n) is 7.67. The van der Waals surface area contributed by atoms with Gasteiger partial charge in [0.15, 0.2) is 0 Å². The van der Waals surface area contributed by atoms with E-state index in [0.717, 1.165) is 44.1 Å². The zero-order valence-electron chi connectivity index (χ0n) is 23.5. The molecule has 8 atom stereocenters. The molecule has 1 unspecified atom stereocenters. The monoisotopic (exact) mass is 503 g/mol. The summed E-state index contributed by atoms with van der Waals surface area (Å²) in [5, 5.41) is 10.1. The van der Waals surface area contributed by atoms with Crippen LogP contribution in [-0.4, -0.2) is 59.4 Å². The van der Waals surface area contributed by atoms with E-state index in [2.05, 4.69) is 52.0 Å². The van der Waals surface area contributed by atoms with Crippen molar-refractivity contribution in [2.45, 2.75) is 117 Å². The van der Waals surface area contributed by atoms with E-state index in [1.807, 2.05) is 24.9 Å². The normalized spacial score (nSPS) is 31.8. The number of epoxide rings is 1. The van der Waals surface area contributed by atoms with Crippen molar-refractivity contribution in [2.75, 3.05) is 7.05 Å². The van der Waals surface area contributed by atoms with Gasteiger partial charge in [0.2, 0.25) is 5.91 Å². The fourth-order valence-electron chi connectivity index (χ4n) is 5.35. The number of hydrogen-bond acceptors (Lipinski definition) is 5. The van der Waals surface area contributed by atoms with Crippen LogP contribution in [0.1, 0.15) is 86.5 Å². The van der Waals surface area contributed by atoms with Crippen LogP contribution in [0.2, 0.25) is 0 Å². The largest absolute Gasteiger partial charge is 0.458 e. The molecule has 1 N–H and O–H groups in total. The maximum atomic E-state index is 12.9. The van der Waals surface area contributed by atoms with Gasteiger partial charge in [0.1, 0.15) is 6.10 Å². The lowest BCUT2D eigenvalue weighted by atomic mass is 9.91. The summed E-state index contributed by atoms with van der Waals surface area (Å²) >= 11 is 0. The van der Waals surface area contributed by atoms with Crippen molar-refractivity contribution in [1.82, 2.24) is 4.90 Å². The van der Waals surface area contributed by atoms with Crippen LogP contribution in [0, 0.1) is 17.8 Å². The number of esters is 1. The molecule has 6 nitrogen and oxygen atoms in total. The van der Waals surface area contributed by atoms with E-state index in [4.69, 9.17) is 9.47 Å². The first-order valence-electron chi connectivity index (χ1n) is 13.8. The highest BCUT2D eigenvalue weighted by Crippen LogP contribution is 2.36. The fraction of sp³-hybridized carbons (Fsp3) is 0.733. The van der Waals surface area contributed by atoms with Crippen LogP contribution >= 0.6 is 0 Å². The quantitative estimate of drug-likeness (QED) is 0.192. The zero-order valence-corrected chi connectivity index (χ0v) is 23.5. The first-order chi connectivity index (χ1) is 17.0. The number of aliphatic hydroxyl groups is 1. The Morgan fingerprint density at radius 3 is 2.64 bits per heavy atom. The Balaban J connectivity index is 2.07. The number of carbonyl (C=O) groups is 2. The third-order valence-corrected chi connectivity index (χ3v) is 7.67. The van der Waals surface area contributed by atoms with Gasteiger partial charge in [-0.2, -0.15) is 0 Å². The number of rotatable bonds is 9. The Hall–Kier alpha value is -1.92. The van der Waals surface area contributed by atoms with E-state index in [1.165, 1.54) is 6.92 Å². The second kappa shape index (κ2) is 14.7. The Kier molecular flexibility index (Phi) is 12.4. The van der Waals surface area contributed by atoms with E-state index >= 15 is 0 Å². The summed E-state index contributed by atoms with van der Waals surface area (Å²) in [5.41, 5.74) is 1.12. The van der Waals surface area contributed by atoms with Gasteiger partial charge in [0.25, 0.3) is 0 Å². The standard InChI is InChI=1S/C30H49NO5/c1-8-26(33)23(5)30-27(36-30)19-20(2)13-12-14-21(3)29-22(4)17-18-25(35-24(6)32)15-10-9-11-16-28(34)31(29)7/h12-14,17-18,20,22-23,25-27,29-30,33H,8-11,15-16,19H2,1-7H3/b13-12+,18-17+,21-14+/t20-,22+,23-,25?,26+,27+,29-,30-/m1/s1. The number of allylic oxidation sites excluding steroid dienone is 3. The Morgan fingerprint density at radius 2 is 1.97 bits per heavy atom. The van der Waals surface area contributed by atoms with Crippen molar-refractivity contribution in [1.29, 1.82) is 0 Å². The van der Waals surface area contributed by atoms with Crippen molar-refractivity contribution in [3.63, 3.8) is 0 Å². The van der Waals surface area contributed by atoms with Gasteiger partial charge < -0.3 is 19.5 Å². The second-order valence-electron chi connectivity index (χ2n) is 10.9. The van der Waals surface area contributed by atoms with Gasteiger partial charge in [-0.15, -0.1) is 0 Å². The van der Waals surface area contributed by atoms with Crippen molar-refractivity contribution >= 4 is 11.9 Å². The summed E-state index contributed by atoms with van der Waals surface area (Å²) in [5.74, 6) is 0.505. The fourth-order valence-corrected chi connectivity index (χ4v) is 5.35. The van der Waals surface area contributed by atoms with E-state index in [9.17, 15) is 14.7 Å². The molecule has 0 aromatic rings. The van der Waals surface area contributed by atoms with Gasteiger partial charge in [0, 0.05) is 26.3 Å². The predicted octanol–water partition coefficient (Wildman–Crippen LogP) is 5.60. The maximum Gasteiger partial charge on any atom is 0.303 e. The van der Waals surface area contributed by atoms with E-state index in [0.29, 0.717) is 12.3 Å². The first kappa shape index (κ1) is 30.3. The lowest BCUT2D eigenvalue weighted by Crippen LogP contribution is -2.41. The van der Waals surface area contributed by atoms with Gasteiger partial charge in [-0.25, -0.2) is 0 Å². The summed E-state index contributed by atoms with van der Waals surface area (Å²) in [6.07, 6.45) is 16.1. The van der Waals surface area contributed by atoms with Crippen LogP contribution in [0.5, 0.6) is 0 Å². The first-order valence-corrected chi connectivity index (χ1v) is 13.8. The van der Waals surface area contributed by atoms with E-state index in [-0.39, 0.29) is 54.2 Å². The number of carbonyl (C=O) groups excluding carboxylic acids is 2.